The first-order chi connectivity index (χ1) is 10.1. The number of amides is 1. The molecule has 6 nitrogen and oxygen atoms in total. The molecule has 1 aromatic rings. The van der Waals surface area contributed by atoms with Gasteiger partial charge in [0.05, 0.1) is 13.0 Å². The molecule has 1 saturated heterocycles. The number of carbonyl (C=O) groups is 1. The van der Waals surface area contributed by atoms with E-state index < -0.39 is 0 Å². The van der Waals surface area contributed by atoms with Crippen LogP contribution in [-0.2, 0) is 11.4 Å². The minimum atomic E-state index is -0.357. The predicted molar refractivity (Wildman–Crippen MR) is 76.0 cm³/mol. The van der Waals surface area contributed by atoms with Crippen molar-refractivity contribution in [2.24, 2.45) is 5.92 Å². The van der Waals surface area contributed by atoms with Gasteiger partial charge in [-0.15, -0.1) is 0 Å². The Morgan fingerprint density at radius 2 is 2.19 bits per heavy atom. The highest BCUT2D eigenvalue weighted by molar-refractivity contribution is 5.76. The van der Waals surface area contributed by atoms with E-state index in [1.807, 2.05) is 4.90 Å². The Balaban J connectivity index is 1.79. The van der Waals surface area contributed by atoms with Crippen LogP contribution in [0.5, 0.6) is 5.75 Å². The standard InChI is InChI=1S/C15H21NO5/c1-11-2-5-16(6-3-11)15(19)4-7-20-14-10-21-12(9-17)8-13(14)18/h8,10-11,17H,2-7,9H2,1H3. The molecular formula is C15H21NO5. The van der Waals surface area contributed by atoms with Crippen molar-refractivity contribution in [1.82, 2.24) is 4.90 Å². The Hall–Kier alpha value is -1.82. The van der Waals surface area contributed by atoms with E-state index in [-0.39, 0.29) is 42.5 Å². The summed E-state index contributed by atoms with van der Waals surface area (Å²) in [6.45, 7) is 3.61. The second kappa shape index (κ2) is 7.26. The molecule has 2 heterocycles. The van der Waals surface area contributed by atoms with Crippen LogP contribution in [-0.4, -0.2) is 35.6 Å². The lowest BCUT2D eigenvalue weighted by Crippen LogP contribution is -2.38. The topological polar surface area (TPSA) is 80.0 Å². The van der Waals surface area contributed by atoms with Crippen molar-refractivity contribution in [1.29, 1.82) is 0 Å². The fraction of sp³-hybridized carbons (Fsp3) is 0.600. The number of rotatable bonds is 5. The molecule has 0 atom stereocenters. The maximum absolute atomic E-state index is 12.0. The lowest BCUT2D eigenvalue weighted by molar-refractivity contribution is -0.133. The fourth-order valence-corrected chi connectivity index (χ4v) is 2.29. The number of carbonyl (C=O) groups excluding carboxylic acids is 1. The van der Waals surface area contributed by atoms with E-state index in [1.165, 1.54) is 12.3 Å². The highest BCUT2D eigenvalue weighted by Gasteiger charge is 2.20. The third-order valence-corrected chi connectivity index (χ3v) is 3.72. The maximum atomic E-state index is 12.0. The maximum Gasteiger partial charge on any atom is 0.227 e. The number of likely N-dealkylation sites (tertiary alicyclic amines) is 1. The van der Waals surface area contributed by atoms with Crippen molar-refractivity contribution in [3.8, 4) is 5.75 Å². The fourth-order valence-electron chi connectivity index (χ4n) is 2.29. The SMILES string of the molecule is CC1CCN(C(=O)CCOc2coc(CO)cc2=O)CC1. The Labute approximate surface area is 123 Å². The minimum Gasteiger partial charge on any atom is -0.486 e. The highest BCUT2D eigenvalue weighted by atomic mass is 16.5. The smallest absolute Gasteiger partial charge is 0.227 e. The molecule has 21 heavy (non-hydrogen) atoms. The van der Waals surface area contributed by atoms with E-state index in [1.54, 1.807) is 0 Å². The van der Waals surface area contributed by atoms with Gasteiger partial charge in [-0.2, -0.15) is 0 Å². The van der Waals surface area contributed by atoms with Crippen LogP contribution in [0.25, 0.3) is 0 Å². The molecule has 0 unspecified atom stereocenters. The molecule has 1 N–H and O–H groups in total. The predicted octanol–water partition coefficient (Wildman–Crippen LogP) is 1.16. The zero-order valence-corrected chi connectivity index (χ0v) is 12.2. The Morgan fingerprint density at radius 3 is 2.81 bits per heavy atom. The largest absolute Gasteiger partial charge is 0.486 e. The lowest BCUT2D eigenvalue weighted by Gasteiger charge is -2.30. The molecular weight excluding hydrogens is 274 g/mol. The summed E-state index contributed by atoms with van der Waals surface area (Å²) in [6, 6.07) is 1.18. The molecule has 2 rings (SSSR count). The monoisotopic (exact) mass is 295 g/mol. The lowest BCUT2D eigenvalue weighted by atomic mass is 9.99. The summed E-state index contributed by atoms with van der Waals surface area (Å²) < 4.78 is 10.3. The number of hydrogen-bond acceptors (Lipinski definition) is 5. The van der Waals surface area contributed by atoms with E-state index >= 15 is 0 Å². The van der Waals surface area contributed by atoms with E-state index in [2.05, 4.69) is 6.92 Å². The van der Waals surface area contributed by atoms with Crippen LogP contribution in [0, 0.1) is 5.92 Å². The van der Waals surface area contributed by atoms with Crippen LogP contribution < -0.4 is 10.2 Å². The first kappa shape index (κ1) is 15.6. The van der Waals surface area contributed by atoms with E-state index in [0.29, 0.717) is 5.92 Å². The second-order valence-corrected chi connectivity index (χ2v) is 5.39. The number of aliphatic hydroxyl groups is 1. The molecule has 0 aromatic carbocycles. The summed E-state index contributed by atoms with van der Waals surface area (Å²) in [4.78, 5) is 25.5. The molecule has 0 radical (unpaired) electrons. The molecule has 1 aromatic heterocycles. The summed E-state index contributed by atoms with van der Waals surface area (Å²) in [5.41, 5.74) is -0.357. The number of aliphatic hydroxyl groups excluding tert-OH is 1. The third kappa shape index (κ3) is 4.32. The van der Waals surface area contributed by atoms with Gasteiger partial charge in [0.2, 0.25) is 17.1 Å². The van der Waals surface area contributed by atoms with Gasteiger partial charge in [0.15, 0.2) is 0 Å². The number of nitrogens with zero attached hydrogens (tertiary/aromatic N) is 1. The van der Waals surface area contributed by atoms with Crippen LogP contribution in [0.1, 0.15) is 31.9 Å². The van der Waals surface area contributed by atoms with Gasteiger partial charge in [0.1, 0.15) is 18.6 Å². The minimum absolute atomic E-state index is 0.0540. The summed E-state index contributed by atoms with van der Waals surface area (Å²) in [5, 5.41) is 8.84. The summed E-state index contributed by atoms with van der Waals surface area (Å²) in [5.74, 6) is 0.983. The van der Waals surface area contributed by atoms with Gasteiger partial charge in [-0.25, -0.2) is 0 Å². The van der Waals surface area contributed by atoms with Gasteiger partial charge in [-0.05, 0) is 18.8 Å². The normalized spacial score (nSPS) is 16.0. The quantitative estimate of drug-likeness (QED) is 0.881. The Morgan fingerprint density at radius 1 is 1.48 bits per heavy atom. The summed E-state index contributed by atoms with van der Waals surface area (Å²) in [6.07, 6.45) is 3.49. The van der Waals surface area contributed by atoms with Gasteiger partial charge in [-0.3, -0.25) is 9.59 Å². The van der Waals surface area contributed by atoms with Gasteiger partial charge in [-0.1, -0.05) is 6.92 Å². The Kier molecular flexibility index (Phi) is 5.38. The zero-order valence-electron chi connectivity index (χ0n) is 12.2. The van der Waals surface area contributed by atoms with E-state index in [0.717, 1.165) is 25.9 Å². The average molecular weight is 295 g/mol. The van der Waals surface area contributed by atoms with Gasteiger partial charge in [0, 0.05) is 19.2 Å². The number of hydrogen-bond donors (Lipinski definition) is 1. The second-order valence-electron chi connectivity index (χ2n) is 5.39. The molecule has 0 bridgehead atoms. The molecule has 0 aliphatic carbocycles. The van der Waals surface area contributed by atoms with Crippen LogP contribution in [0.4, 0.5) is 0 Å². The van der Waals surface area contributed by atoms with Crippen molar-refractivity contribution in [2.45, 2.75) is 32.8 Å². The molecule has 1 fully saturated rings. The first-order valence-electron chi connectivity index (χ1n) is 7.23. The Bertz CT molecular complexity index is 531. The third-order valence-electron chi connectivity index (χ3n) is 3.72. The highest BCUT2D eigenvalue weighted by Crippen LogP contribution is 2.16. The number of piperidine rings is 1. The molecule has 0 spiro atoms. The van der Waals surface area contributed by atoms with Gasteiger partial charge >= 0.3 is 0 Å². The molecule has 1 aliphatic rings. The average Bonchev–Trinajstić information content (AvgIpc) is 2.49. The van der Waals surface area contributed by atoms with E-state index in [9.17, 15) is 9.59 Å². The van der Waals surface area contributed by atoms with Crippen molar-refractivity contribution in [3.05, 3.63) is 28.3 Å². The van der Waals surface area contributed by atoms with Crippen LogP contribution in [0.15, 0.2) is 21.5 Å². The van der Waals surface area contributed by atoms with Crippen LogP contribution in [0.2, 0.25) is 0 Å². The molecule has 6 heteroatoms. The van der Waals surface area contributed by atoms with Crippen molar-refractivity contribution < 1.29 is 19.1 Å². The van der Waals surface area contributed by atoms with Gasteiger partial charge < -0.3 is 19.2 Å². The molecule has 1 aliphatic heterocycles. The van der Waals surface area contributed by atoms with Crippen LogP contribution >= 0.6 is 0 Å². The zero-order chi connectivity index (χ0) is 15.2. The van der Waals surface area contributed by atoms with Crippen molar-refractivity contribution in [2.75, 3.05) is 19.7 Å². The summed E-state index contributed by atoms with van der Waals surface area (Å²) in [7, 11) is 0. The molecule has 1 amide bonds. The molecule has 0 saturated carbocycles. The number of ether oxygens (including phenoxy) is 1. The van der Waals surface area contributed by atoms with Gasteiger partial charge in [0.25, 0.3) is 0 Å². The summed E-state index contributed by atoms with van der Waals surface area (Å²) >= 11 is 0. The van der Waals surface area contributed by atoms with Crippen molar-refractivity contribution >= 4 is 5.91 Å². The molecule has 116 valence electrons. The van der Waals surface area contributed by atoms with E-state index in [4.69, 9.17) is 14.3 Å². The first-order valence-corrected chi connectivity index (χ1v) is 7.23. The van der Waals surface area contributed by atoms with Crippen LogP contribution in [0.3, 0.4) is 0 Å². The van der Waals surface area contributed by atoms with Crippen molar-refractivity contribution in [3.63, 3.8) is 0 Å².